The van der Waals surface area contributed by atoms with E-state index in [0.29, 0.717) is 18.5 Å². The summed E-state index contributed by atoms with van der Waals surface area (Å²) in [4.78, 5) is 6.06. The predicted molar refractivity (Wildman–Crippen MR) is 114 cm³/mol. The molecule has 4 nitrogen and oxygen atoms in total. The van der Waals surface area contributed by atoms with E-state index in [-0.39, 0.29) is 23.5 Å². The number of phenols is 1. The van der Waals surface area contributed by atoms with Crippen molar-refractivity contribution in [3.63, 3.8) is 0 Å². The molecule has 1 aromatic rings. The minimum absolute atomic E-state index is 0.112. The van der Waals surface area contributed by atoms with Gasteiger partial charge in [-0.1, -0.05) is 45.8 Å². The summed E-state index contributed by atoms with van der Waals surface area (Å²) >= 11 is 0. The number of halogens is 1. The molecule has 1 saturated carbocycles. The highest BCUT2D eigenvalue weighted by Crippen LogP contribution is 2.49. The molecule has 2 N–H and O–H groups in total. The summed E-state index contributed by atoms with van der Waals surface area (Å²) in [6.45, 7) is 15.4. The lowest BCUT2D eigenvalue weighted by Gasteiger charge is -2.48. The summed E-state index contributed by atoms with van der Waals surface area (Å²) < 4.78 is 12.8. The fourth-order valence-electron chi connectivity index (χ4n) is 4.48. The lowest BCUT2D eigenvalue weighted by atomic mass is 9.67. The van der Waals surface area contributed by atoms with E-state index in [9.17, 15) is 14.7 Å². The second-order valence-electron chi connectivity index (χ2n) is 7.47. The van der Waals surface area contributed by atoms with Crippen LogP contribution < -0.4 is 4.94 Å². The fourth-order valence-corrected chi connectivity index (χ4v) is 4.48. The molecule has 0 amide bonds. The van der Waals surface area contributed by atoms with Crippen molar-refractivity contribution in [2.75, 3.05) is 13.1 Å². The summed E-state index contributed by atoms with van der Waals surface area (Å²) in [5, 5.41) is 22.3. The maximum absolute atomic E-state index is 12.8. The van der Waals surface area contributed by atoms with E-state index >= 15 is 0 Å². The summed E-state index contributed by atoms with van der Waals surface area (Å²) in [6, 6.07) is 3.04. The smallest absolute Gasteiger partial charge is 0.213 e. The number of hydrogen-bond acceptors (Lipinski definition) is 4. The first-order valence-electron chi connectivity index (χ1n) is 10.6. The van der Waals surface area contributed by atoms with Gasteiger partial charge in [0.15, 0.2) is 5.75 Å². The molecule has 0 bridgehead atoms. The summed E-state index contributed by atoms with van der Waals surface area (Å²) in [6.07, 6.45) is 6.13. The second-order valence-corrected chi connectivity index (χ2v) is 7.47. The molecular formula is C23H38FNO3. The Labute approximate surface area is 169 Å². The van der Waals surface area contributed by atoms with Crippen LogP contribution in [0, 0.1) is 6.92 Å². The van der Waals surface area contributed by atoms with Gasteiger partial charge >= 0.3 is 0 Å². The van der Waals surface area contributed by atoms with Crippen LogP contribution in [0.4, 0.5) is 4.53 Å². The Bertz CT molecular complexity index is 622. The average Bonchev–Trinajstić information content (AvgIpc) is 2.70. The van der Waals surface area contributed by atoms with Crippen molar-refractivity contribution in [2.45, 2.75) is 84.3 Å². The van der Waals surface area contributed by atoms with Gasteiger partial charge in [0.1, 0.15) is 0 Å². The monoisotopic (exact) mass is 395 g/mol. The number of aliphatic hydroxyl groups is 1. The van der Waals surface area contributed by atoms with Gasteiger partial charge in [-0.3, -0.25) is 9.84 Å². The third kappa shape index (κ3) is 5.06. The van der Waals surface area contributed by atoms with Crippen LogP contribution in [0.25, 0.3) is 0 Å². The zero-order valence-electron chi connectivity index (χ0n) is 18.2. The molecule has 1 aromatic carbocycles. The van der Waals surface area contributed by atoms with Gasteiger partial charge in [0, 0.05) is 28.6 Å². The van der Waals surface area contributed by atoms with Crippen molar-refractivity contribution < 1.29 is 19.7 Å². The third-order valence-corrected chi connectivity index (χ3v) is 5.90. The molecular weight excluding hydrogens is 357 g/mol. The normalized spacial score (nSPS) is 22.9. The number of phenolic OH excluding ortho intramolecular Hbond substituents is 1. The van der Waals surface area contributed by atoms with Gasteiger partial charge in [-0.25, -0.2) is 0 Å². The highest BCUT2D eigenvalue weighted by Gasteiger charge is 2.47. The van der Waals surface area contributed by atoms with Crippen LogP contribution in [0.15, 0.2) is 24.8 Å². The molecule has 0 saturated heterocycles. The molecule has 28 heavy (non-hydrogen) atoms. The number of nitrogens with zero attached hydrogens (tertiary/aromatic N) is 1. The first kappa shape index (κ1) is 24.4. The zero-order valence-corrected chi connectivity index (χ0v) is 18.2. The van der Waals surface area contributed by atoms with Crippen LogP contribution >= 0.6 is 0 Å². The average molecular weight is 396 g/mol. The SMILES string of the molecule is C=CCN(CCC)C(C)C1(O)CCCCC1c1c(C)ccc(OF)c1O.CC. The molecule has 5 heteroatoms. The van der Waals surface area contributed by atoms with Crippen LogP contribution in [0.3, 0.4) is 0 Å². The van der Waals surface area contributed by atoms with E-state index in [0.717, 1.165) is 37.8 Å². The fraction of sp³-hybridized carbons (Fsp3) is 0.652. The maximum Gasteiger partial charge on any atom is 0.213 e. The lowest BCUT2D eigenvalue weighted by molar-refractivity contribution is -0.0803. The maximum atomic E-state index is 12.8. The first-order valence-corrected chi connectivity index (χ1v) is 10.6. The molecule has 1 aliphatic rings. The van der Waals surface area contributed by atoms with Gasteiger partial charge in [-0.05, 0) is 51.3 Å². The van der Waals surface area contributed by atoms with E-state index < -0.39 is 5.60 Å². The summed E-state index contributed by atoms with van der Waals surface area (Å²) in [5.74, 6) is -0.663. The molecule has 1 fully saturated rings. The Hall–Kier alpha value is -1.59. The van der Waals surface area contributed by atoms with E-state index in [1.54, 1.807) is 6.07 Å². The topological polar surface area (TPSA) is 52.9 Å². The van der Waals surface area contributed by atoms with Crippen molar-refractivity contribution in [1.29, 1.82) is 0 Å². The van der Waals surface area contributed by atoms with Crippen LogP contribution in [0.2, 0.25) is 0 Å². The number of rotatable bonds is 8. The molecule has 0 aliphatic heterocycles. The molecule has 0 spiro atoms. The quantitative estimate of drug-likeness (QED) is 0.557. The van der Waals surface area contributed by atoms with Crippen molar-refractivity contribution in [2.24, 2.45) is 0 Å². The molecule has 3 unspecified atom stereocenters. The largest absolute Gasteiger partial charge is 0.504 e. The highest BCUT2D eigenvalue weighted by atomic mass is 19.3. The lowest BCUT2D eigenvalue weighted by Crippen LogP contribution is -2.56. The minimum Gasteiger partial charge on any atom is -0.504 e. The van der Waals surface area contributed by atoms with E-state index in [1.165, 1.54) is 6.07 Å². The van der Waals surface area contributed by atoms with Crippen molar-refractivity contribution >= 4 is 0 Å². The van der Waals surface area contributed by atoms with Crippen LogP contribution in [-0.2, 0) is 0 Å². The van der Waals surface area contributed by atoms with Crippen LogP contribution in [0.1, 0.15) is 76.8 Å². The van der Waals surface area contributed by atoms with Crippen molar-refractivity contribution in [1.82, 2.24) is 4.90 Å². The Morgan fingerprint density at radius 3 is 2.64 bits per heavy atom. The number of aryl methyl sites for hydroxylation is 1. The molecule has 3 atom stereocenters. The van der Waals surface area contributed by atoms with Crippen LogP contribution in [0.5, 0.6) is 11.5 Å². The van der Waals surface area contributed by atoms with E-state index in [2.05, 4.69) is 23.3 Å². The van der Waals surface area contributed by atoms with Crippen molar-refractivity contribution in [3.8, 4) is 11.5 Å². The molecule has 0 radical (unpaired) electrons. The molecule has 2 rings (SSSR count). The zero-order chi connectivity index (χ0) is 21.3. The van der Waals surface area contributed by atoms with Gasteiger partial charge in [-0.2, -0.15) is 0 Å². The molecule has 0 aromatic heterocycles. The Morgan fingerprint density at radius 1 is 1.39 bits per heavy atom. The Balaban J connectivity index is 0.00000190. The van der Waals surface area contributed by atoms with Gasteiger partial charge in [0.2, 0.25) is 5.75 Å². The summed E-state index contributed by atoms with van der Waals surface area (Å²) in [7, 11) is 0. The third-order valence-electron chi connectivity index (χ3n) is 5.90. The first-order chi connectivity index (χ1) is 13.4. The van der Waals surface area contributed by atoms with Gasteiger partial charge in [-0.15, -0.1) is 6.58 Å². The molecule has 0 heterocycles. The van der Waals surface area contributed by atoms with E-state index in [4.69, 9.17) is 0 Å². The van der Waals surface area contributed by atoms with Gasteiger partial charge < -0.3 is 10.2 Å². The van der Waals surface area contributed by atoms with Gasteiger partial charge in [0.05, 0.1) is 5.60 Å². The van der Waals surface area contributed by atoms with Crippen LogP contribution in [-0.4, -0.2) is 39.8 Å². The van der Waals surface area contributed by atoms with Crippen molar-refractivity contribution in [3.05, 3.63) is 35.9 Å². The van der Waals surface area contributed by atoms with E-state index in [1.807, 2.05) is 33.8 Å². The number of aromatic hydroxyl groups is 1. The molecule has 1 aliphatic carbocycles. The second kappa shape index (κ2) is 11.4. The Kier molecular flexibility index (Phi) is 9.97. The number of hydrogen-bond donors (Lipinski definition) is 2. The Morgan fingerprint density at radius 2 is 2.07 bits per heavy atom. The predicted octanol–water partition coefficient (Wildman–Crippen LogP) is 5.67. The standard InChI is InChI=1S/C21H32FNO3.C2H6/c1-5-13-23(14-6-2)16(4)21(25)12-8-7-9-17(21)19-15(3)10-11-18(26-22)20(19)24;1-2/h5,10-11,16-17,24-25H,1,6-9,12-14H2,2-4H3;1-2H3. The number of benzene rings is 1. The highest BCUT2D eigenvalue weighted by molar-refractivity contribution is 5.52. The summed E-state index contributed by atoms with van der Waals surface area (Å²) in [5.41, 5.74) is 0.434. The minimum atomic E-state index is -1.01. The van der Waals surface area contributed by atoms with Gasteiger partial charge in [0.25, 0.3) is 0 Å². The molecule has 160 valence electrons.